The van der Waals surface area contributed by atoms with Crippen LogP contribution >= 0.6 is 15.9 Å². The lowest BCUT2D eigenvalue weighted by Gasteiger charge is -2.11. The molecule has 1 N–H and O–H groups in total. The van der Waals surface area contributed by atoms with Gasteiger partial charge >= 0.3 is 0 Å². The molecule has 0 saturated heterocycles. The van der Waals surface area contributed by atoms with Gasteiger partial charge in [-0.25, -0.2) is 9.97 Å². The Hall–Kier alpha value is -1.42. The van der Waals surface area contributed by atoms with Crippen LogP contribution in [0, 0.1) is 6.92 Å². The first-order chi connectivity index (χ1) is 9.67. The molecular weight excluding hydrogens is 314 g/mol. The maximum absolute atomic E-state index is 4.76. The predicted molar refractivity (Wildman–Crippen MR) is 85.2 cm³/mol. The molecule has 1 heterocycles. The Morgan fingerprint density at radius 3 is 2.50 bits per heavy atom. The van der Waals surface area contributed by atoms with Crippen LogP contribution in [-0.2, 0) is 6.42 Å². The van der Waals surface area contributed by atoms with Crippen molar-refractivity contribution in [3.05, 3.63) is 51.4 Å². The first-order valence-electron chi connectivity index (χ1n) is 6.97. The van der Waals surface area contributed by atoms with Crippen molar-refractivity contribution in [1.29, 1.82) is 0 Å². The normalized spacial score (nSPS) is 14.3. The van der Waals surface area contributed by atoms with Crippen molar-refractivity contribution in [1.82, 2.24) is 9.97 Å². The maximum atomic E-state index is 4.76. The molecule has 0 unspecified atom stereocenters. The van der Waals surface area contributed by atoms with E-state index in [1.807, 2.05) is 7.05 Å². The van der Waals surface area contributed by atoms with Gasteiger partial charge in [0.25, 0.3) is 0 Å². The van der Waals surface area contributed by atoms with E-state index in [4.69, 9.17) is 4.98 Å². The Morgan fingerprint density at radius 1 is 1.20 bits per heavy atom. The van der Waals surface area contributed by atoms with Crippen LogP contribution in [0.1, 0.15) is 41.4 Å². The Bertz CT molecular complexity index is 618. The molecule has 0 bridgehead atoms. The Labute approximate surface area is 128 Å². The van der Waals surface area contributed by atoms with Crippen molar-refractivity contribution in [2.24, 2.45) is 0 Å². The summed E-state index contributed by atoms with van der Waals surface area (Å²) >= 11 is 3.62. The highest BCUT2D eigenvalue weighted by molar-refractivity contribution is 9.10. The minimum atomic E-state index is 0.608. The Balaban J connectivity index is 1.92. The first kappa shape index (κ1) is 13.6. The van der Waals surface area contributed by atoms with E-state index < -0.39 is 0 Å². The molecular formula is C16H18BrN3. The second-order valence-corrected chi connectivity index (χ2v) is 6.17. The Kier molecular flexibility index (Phi) is 3.74. The van der Waals surface area contributed by atoms with E-state index in [1.165, 1.54) is 24.0 Å². The summed E-state index contributed by atoms with van der Waals surface area (Å²) in [5.41, 5.74) is 3.69. The van der Waals surface area contributed by atoms with Crippen LogP contribution in [-0.4, -0.2) is 17.0 Å². The number of nitrogens with one attached hydrogen (secondary N) is 1. The highest BCUT2D eigenvalue weighted by Crippen LogP contribution is 2.43. The molecule has 1 aromatic carbocycles. The van der Waals surface area contributed by atoms with Gasteiger partial charge in [0.1, 0.15) is 11.6 Å². The van der Waals surface area contributed by atoms with E-state index >= 15 is 0 Å². The van der Waals surface area contributed by atoms with Crippen LogP contribution in [0.4, 0.5) is 5.82 Å². The van der Waals surface area contributed by atoms with E-state index in [1.54, 1.807) is 0 Å². The van der Waals surface area contributed by atoms with Gasteiger partial charge in [-0.05, 0) is 41.3 Å². The highest BCUT2D eigenvalue weighted by atomic mass is 79.9. The zero-order valence-electron chi connectivity index (χ0n) is 11.8. The second kappa shape index (κ2) is 5.52. The number of hydrogen-bond acceptors (Lipinski definition) is 3. The van der Waals surface area contributed by atoms with Crippen LogP contribution in [0.3, 0.4) is 0 Å². The molecule has 1 aliphatic rings. The summed E-state index contributed by atoms with van der Waals surface area (Å²) in [6.45, 7) is 2.10. The number of halogens is 1. The van der Waals surface area contributed by atoms with Crippen LogP contribution in [0.15, 0.2) is 28.7 Å². The molecule has 1 saturated carbocycles. The van der Waals surface area contributed by atoms with Crippen molar-refractivity contribution in [3.63, 3.8) is 0 Å². The van der Waals surface area contributed by atoms with Gasteiger partial charge in [0.05, 0.1) is 10.2 Å². The number of nitrogens with zero attached hydrogens (tertiary/aromatic N) is 2. The van der Waals surface area contributed by atoms with E-state index in [2.05, 4.69) is 57.4 Å². The molecule has 0 amide bonds. The van der Waals surface area contributed by atoms with E-state index in [0.717, 1.165) is 28.2 Å². The minimum Gasteiger partial charge on any atom is -0.372 e. The maximum Gasteiger partial charge on any atom is 0.144 e. The quantitative estimate of drug-likeness (QED) is 0.918. The summed E-state index contributed by atoms with van der Waals surface area (Å²) in [6, 6.07) is 8.57. The Morgan fingerprint density at radius 2 is 1.90 bits per heavy atom. The fourth-order valence-corrected chi connectivity index (χ4v) is 2.97. The van der Waals surface area contributed by atoms with Crippen LogP contribution in [0.5, 0.6) is 0 Å². The number of anilines is 1. The largest absolute Gasteiger partial charge is 0.372 e. The summed E-state index contributed by atoms with van der Waals surface area (Å²) in [5.74, 6) is 2.39. The number of aromatic nitrogens is 2. The molecule has 0 aliphatic heterocycles. The summed E-state index contributed by atoms with van der Waals surface area (Å²) in [4.78, 5) is 9.37. The van der Waals surface area contributed by atoms with Crippen molar-refractivity contribution in [2.45, 2.75) is 32.1 Å². The summed E-state index contributed by atoms with van der Waals surface area (Å²) in [6.07, 6.45) is 3.26. The predicted octanol–water partition coefficient (Wildman–Crippen LogP) is 4.06. The van der Waals surface area contributed by atoms with Gasteiger partial charge in [-0.1, -0.05) is 29.8 Å². The number of hydrogen-bond donors (Lipinski definition) is 1. The van der Waals surface area contributed by atoms with E-state index in [9.17, 15) is 0 Å². The lowest BCUT2D eigenvalue weighted by Crippen LogP contribution is -2.06. The average Bonchev–Trinajstić information content (AvgIpc) is 3.27. The van der Waals surface area contributed by atoms with Crippen molar-refractivity contribution < 1.29 is 0 Å². The van der Waals surface area contributed by atoms with E-state index in [0.29, 0.717) is 5.92 Å². The fraction of sp³-hybridized carbons (Fsp3) is 0.375. The van der Waals surface area contributed by atoms with Gasteiger partial charge in [0.15, 0.2) is 0 Å². The standard InChI is InChI=1S/C16H18BrN3/c1-10-3-5-11(6-4-10)9-13-19-15(12-7-8-12)14(17)16(18-2)20-13/h3-6,12H,7-9H2,1-2H3,(H,18,19,20). The molecule has 20 heavy (non-hydrogen) atoms. The van der Waals surface area contributed by atoms with Crippen LogP contribution in [0.25, 0.3) is 0 Å². The number of benzene rings is 1. The third-order valence-corrected chi connectivity index (χ3v) is 4.39. The third kappa shape index (κ3) is 2.85. The molecule has 3 rings (SSSR count). The molecule has 0 atom stereocenters. The van der Waals surface area contributed by atoms with Crippen LogP contribution < -0.4 is 5.32 Å². The molecule has 1 aromatic heterocycles. The summed E-state index contributed by atoms with van der Waals surface area (Å²) in [7, 11) is 1.90. The summed E-state index contributed by atoms with van der Waals surface area (Å²) in [5, 5.41) is 3.16. The topological polar surface area (TPSA) is 37.8 Å². The SMILES string of the molecule is CNc1nc(Cc2ccc(C)cc2)nc(C2CC2)c1Br. The highest BCUT2D eigenvalue weighted by Gasteiger charge is 2.29. The lowest BCUT2D eigenvalue weighted by molar-refractivity contribution is 0.892. The smallest absolute Gasteiger partial charge is 0.144 e. The van der Waals surface area contributed by atoms with Crippen molar-refractivity contribution >= 4 is 21.7 Å². The van der Waals surface area contributed by atoms with Gasteiger partial charge in [-0.2, -0.15) is 0 Å². The van der Waals surface area contributed by atoms with Gasteiger partial charge in [-0.15, -0.1) is 0 Å². The van der Waals surface area contributed by atoms with Gasteiger partial charge in [-0.3, -0.25) is 0 Å². The molecule has 4 heteroatoms. The fourth-order valence-electron chi connectivity index (χ4n) is 2.27. The van der Waals surface area contributed by atoms with Gasteiger partial charge in [0.2, 0.25) is 0 Å². The van der Waals surface area contributed by atoms with Gasteiger partial charge < -0.3 is 5.32 Å². The number of rotatable bonds is 4. The molecule has 2 aromatic rings. The van der Waals surface area contributed by atoms with Crippen LogP contribution in [0.2, 0.25) is 0 Å². The second-order valence-electron chi connectivity index (χ2n) is 5.37. The van der Waals surface area contributed by atoms with E-state index in [-0.39, 0.29) is 0 Å². The molecule has 0 spiro atoms. The zero-order chi connectivity index (χ0) is 14.1. The number of aryl methyl sites for hydroxylation is 1. The zero-order valence-corrected chi connectivity index (χ0v) is 13.4. The molecule has 104 valence electrons. The monoisotopic (exact) mass is 331 g/mol. The molecule has 1 aliphatic carbocycles. The molecule has 3 nitrogen and oxygen atoms in total. The first-order valence-corrected chi connectivity index (χ1v) is 7.76. The van der Waals surface area contributed by atoms with Crippen molar-refractivity contribution in [3.8, 4) is 0 Å². The third-order valence-electron chi connectivity index (χ3n) is 3.61. The molecule has 1 fully saturated rings. The molecule has 0 radical (unpaired) electrons. The van der Waals surface area contributed by atoms with Gasteiger partial charge in [0, 0.05) is 19.4 Å². The lowest BCUT2D eigenvalue weighted by atomic mass is 10.1. The summed E-state index contributed by atoms with van der Waals surface area (Å²) < 4.78 is 1.02. The average molecular weight is 332 g/mol. The minimum absolute atomic E-state index is 0.608. The van der Waals surface area contributed by atoms with Crippen molar-refractivity contribution in [2.75, 3.05) is 12.4 Å².